The van der Waals surface area contributed by atoms with Gasteiger partial charge in [0.2, 0.25) is 0 Å². The molecular formula is C25H19F5N2O4. The molecule has 0 aromatic heterocycles. The van der Waals surface area contributed by atoms with Crippen molar-refractivity contribution in [2.75, 3.05) is 7.11 Å². The van der Waals surface area contributed by atoms with Gasteiger partial charge in [-0.3, -0.25) is 9.59 Å². The van der Waals surface area contributed by atoms with Crippen molar-refractivity contribution in [2.45, 2.75) is 19.3 Å². The Morgan fingerprint density at radius 3 is 2.25 bits per heavy atom. The third kappa shape index (κ3) is 6.23. The molecule has 0 saturated heterocycles. The Morgan fingerprint density at radius 2 is 1.58 bits per heavy atom. The molecular weight excluding hydrogens is 487 g/mol. The summed E-state index contributed by atoms with van der Waals surface area (Å²) in [5.74, 6) is -5.19. The van der Waals surface area contributed by atoms with E-state index in [9.17, 15) is 36.3 Å². The zero-order valence-electron chi connectivity index (χ0n) is 18.7. The van der Waals surface area contributed by atoms with Crippen LogP contribution in [0.3, 0.4) is 0 Å². The highest BCUT2D eigenvalue weighted by Gasteiger charge is 2.38. The second-order valence-corrected chi connectivity index (χ2v) is 7.52. The van der Waals surface area contributed by atoms with Crippen molar-refractivity contribution in [2.24, 2.45) is 0 Å². The van der Waals surface area contributed by atoms with Crippen molar-refractivity contribution in [1.82, 2.24) is 10.6 Å². The van der Waals surface area contributed by atoms with Crippen molar-refractivity contribution in [3.05, 3.63) is 94.6 Å². The molecule has 3 aromatic carbocycles. The molecule has 11 heteroatoms. The van der Waals surface area contributed by atoms with Crippen LogP contribution in [0.2, 0.25) is 0 Å². The lowest BCUT2D eigenvalue weighted by atomic mass is 9.98. The van der Waals surface area contributed by atoms with Gasteiger partial charge in [-0.05, 0) is 41.0 Å². The van der Waals surface area contributed by atoms with Gasteiger partial charge in [0, 0.05) is 24.2 Å². The molecule has 2 N–H and O–H groups in total. The van der Waals surface area contributed by atoms with Crippen LogP contribution in [0.1, 0.15) is 31.8 Å². The normalized spacial score (nSPS) is 11.1. The van der Waals surface area contributed by atoms with Gasteiger partial charge in [-0.15, -0.1) is 0 Å². The zero-order valence-corrected chi connectivity index (χ0v) is 18.7. The molecule has 36 heavy (non-hydrogen) atoms. The number of rotatable bonds is 7. The molecule has 0 radical (unpaired) electrons. The first-order chi connectivity index (χ1) is 17.0. The first kappa shape index (κ1) is 26.3. The largest absolute Gasteiger partial charge is 0.471 e. The number of halogens is 5. The van der Waals surface area contributed by atoms with E-state index in [-0.39, 0.29) is 39.9 Å². The van der Waals surface area contributed by atoms with Gasteiger partial charge >= 0.3 is 18.1 Å². The Labute approximate surface area is 202 Å². The summed E-state index contributed by atoms with van der Waals surface area (Å²) in [6.07, 6.45) is -5.02. The second kappa shape index (κ2) is 11.0. The van der Waals surface area contributed by atoms with Crippen LogP contribution in [0.25, 0.3) is 11.1 Å². The van der Waals surface area contributed by atoms with E-state index in [1.54, 1.807) is 5.32 Å². The number of hydrogen-bond acceptors (Lipinski definition) is 4. The molecule has 0 heterocycles. The molecule has 3 aromatic rings. The Kier molecular flexibility index (Phi) is 8.03. The Hall–Kier alpha value is -4.28. The maximum absolute atomic E-state index is 14.7. The van der Waals surface area contributed by atoms with Crippen LogP contribution in [0, 0.1) is 11.6 Å². The summed E-state index contributed by atoms with van der Waals surface area (Å²) >= 11 is 0. The van der Waals surface area contributed by atoms with E-state index in [4.69, 9.17) is 0 Å². The number of alkyl halides is 3. The molecule has 0 fully saturated rings. The molecule has 0 spiro atoms. The third-order valence-electron chi connectivity index (χ3n) is 5.11. The van der Waals surface area contributed by atoms with Crippen molar-refractivity contribution in [3.8, 4) is 11.1 Å². The van der Waals surface area contributed by atoms with Gasteiger partial charge in [-0.1, -0.05) is 36.4 Å². The van der Waals surface area contributed by atoms with Gasteiger partial charge in [-0.2, -0.15) is 13.2 Å². The van der Waals surface area contributed by atoms with Crippen molar-refractivity contribution in [1.29, 1.82) is 0 Å². The first-order valence-corrected chi connectivity index (χ1v) is 10.4. The summed E-state index contributed by atoms with van der Waals surface area (Å²) in [6.45, 7) is -0.670. The molecule has 0 aliphatic rings. The first-order valence-electron chi connectivity index (χ1n) is 10.4. The van der Waals surface area contributed by atoms with Crippen molar-refractivity contribution < 1.29 is 41.1 Å². The minimum atomic E-state index is -5.02. The molecule has 6 nitrogen and oxygen atoms in total. The van der Waals surface area contributed by atoms with Gasteiger partial charge in [0.1, 0.15) is 17.2 Å². The topological polar surface area (TPSA) is 84.5 Å². The fourth-order valence-corrected chi connectivity index (χ4v) is 3.32. The Morgan fingerprint density at radius 1 is 0.861 bits per heavy atom. The molecule has 0 unspecified atom stereocenters. The van der Waals surface area contributed by atoms with Gasteiger partial charge in [0.25, 0.3) is 5.91 Å². The van der Waals surface area contributed by atoms with Crippen LogP contribution in [0.5, 0.6) is 0 Å². The van der Waals surface area contributed by atoms with Crippen LogP contribution >= 0.6 is 0 Å². The highest BCUT2D eigenvalue weighted by molar-refractivity contribution is 5.97. The molecule has 0 aliphatic heterocycles. The number of carbonyl (C=O) groups excluding carboxylic acids is 3. The summed E-state index contributed by atoms with van der Waals surface area (Å²) in [7, 11) is 1.10. The van der Waals surface area contributed by atoms with Crippen LogP contribution in [-0.2, 0) is 22.6 Å². The quantitative estimate of drug-likeness (QED) is 0.365. The van der Waals surface area contributed by atoms with E-state index in [0.29, 0.717) is 0 Å². The fraction of sp³-hybridized carbons (Fsp3) is 0.160. The maximum Gasteiger partial charge on any atom is 0.471 e. The van der Waals surface area contributed by atoms with Gasteiger partial charge in [-0.25, -0.2) is 13.6 Å². The van der Waals surface area contributed by atoms with E-state index in [0.717, 1.165) is 19.2 Å². The predicted octanol–water partition coefficient (Wildman–Crippen LogP) is 4.53. The van der Waals surface area contributed by atoms with Gasteiger partial charge in [0.05, 0.1) is 7.11 Å². The number of esters is 1. The molecule has 0 bridgehead atoms. The summed E-state index contributed by atoms with van der Waals surface area (Å²) in [4.78, 5) is 35.4. The van der Waals surface area contributed by atoms with Crippen molar-refractivity contribution in [3.63, 3.8) is 0 Å². The summed E-state index contributed by atoms with van der Waals surface area (Å²) in [6, 6.07) is 13.4. The second-order valence-electron chi connectivity index (χ2n) is 7.52. The lowest BCUT2D eigenvalue weighted by Crippen LogP contribution is -2.36. The standard InChI is InChI=1S/C25H19F5N2O4/c1-36-23(34)21-18(6-3-7-19(21)26)15-8-9-17(20(27)11-15)13-31-22(33)16-5-2-4-14(10-16)12-32-24(35)25(28,29)30/h2-11H,12-13H2,1H3,(H,31,33)(H,32,35). The lowest BCUT2D eigenvalue weighted by Gasteiger charge is -2.12. The monoisotopic (exact) mass is 506 g/mol. The van der Waals surface area contributed by atoms with Gasteiger partial charge < -0.3 is 15.4 Å². The van der Waals surface area contributed by atoms with E-state index in [1.165, 1.54) is 48.5 Å². The average Bonchev–Trinajstić information content (AvgIpc) is 2.85. The average molecular weight is 506 g/mol. The minimum Gasteiger partial charge on any atom is -0.465 e. The SMILES string of the molecule is COC(=O)c1c(F)cccc1-c1ccc(CNC(=O)c2cccc(CNC(=O)C(F)(F)F)c2)c(F)c1. The van der Waals surface area contributed by atoms with Crippen LogP contribution in [0.15, 0.2) is 60.7 Å². The number of amides is 2. The Balaban J connectivity index is 1.70. The van der Waals surface area contributed by atoms with Crippen molar-refractivity contribution >= 4 is 17.8 Å². The lowest BCUT2D eigenvalue weighted by molar-refractivity contribution is -0.173. The summed E-state index contributed by atoms with van der Waals surface area (Å²) < 4.78 is 70.5. The van der Waals surface area contributed by atoms with E-state index >= 15 is 0 Å². The number of hydrogen-bond donors (Lipinski definition) is 2. The van der Waals surface area contributed by atoms with E-state index in [2.05, 4.69) is 10.1 Å². The van der Waals surface area contributed by atoms with Gasteiger partial charge in [0.15, 0.2) is 0 Å². The maximum atomic E-state index is 14.7. The molecule has 0 saturated carbocycles. The van der Waals surface area contributed by atoms with Crippen LogP contribution < -0.4 is 10.6 Å². The van der Waals surface area contributed by atoms with Crippen LogP contribution in [0.4, 0.5) is 22.0 Å². The number of ether oxygens (including phenoxy) is 1. The van der Waals surface area contributed by atoms with E-state index < -0.39 is 42.1 Å². The highest BCUT2D eigenvalue weighted by atomic mass is 19.4. The molecule has 2 amide bonds. The number of carbonyl (C=O) groups is 3. The summed E-state index contributed by atoms with van der Waals surface area (Å²) in [5, 5.41) is 4.21. The minimum absolute atomic E-state index is 0.0910. The summed E-state index contributed by atoms with van der Waals surface area (Å²) in [5.41, 5.74) is 0.450. The zero-order chi connectivity index (χ0) is 26.5. The van der Waals surface area contributed by atoms with Crippen LogP contribution in [-0.4, -0.2) is 31.1 Å². The molecule has 0 aliphatic carbocycles. The molecule has 0 atom stereocenters. The molecule has 3 rings (SSSR count). The highest BCUT2D eigenvalue weighted by Crippen LogP contribution is 2.28. The smallest absolute Gasteiger partial charge is 0.465 e. The third-order valence-corrected chi connectivity index (χ3v) is 5.11. The molecule has 188 valence electrons. The Bertz CT molecular complexity index is 1310. The number of benzene rings is 3. The number of nitrogens with one attached hydrogen (secondary N) is 2. The predicted molar refractivity (Wildman–Crippen MR) is 119 cm³/mol. The number of methoxy groups -OCH3 is 1. The van der Waals surface area contributed by atoms with E-state index in [1.807, 2.05) is 0 Å². The fourth-order valence-electron chi connectivity index (χ4n) is 3.32.